The van der Waals surface area contributed by atoms with Gasteiger partial charge in [-0.15, -0.1) is 11.8 Å². The van der Waals surface area contributed by atoms with Gasteiger partial charge in [-0.2, -0.15) is 0 Å². The van der Waals surface area contributed by atoms with Gasteiger partial charge in [0.2, 0.25) is 18.6 Å². The minimum Gasteiger partial charge on any atom is -0.454 e. The molecular formula is C19H19ClN2O4S. The van der Waals surface area contributed by atoms with Crippen LogP contribution < -0.4 is 20.1 Å². The van der Waals surface area contributed by atoms with Crippen LogP contribution in [0.25, 0.3) is 0 Å². The summed E-state index contributed by atoms with van der Waals surface area (Å²) in [5.74, 6) is 1.27. The maximum absolute atomic E-state index is 12.5. The number of halogens is 1. The SMILES string of the molecule is CC(=O)NC(CSc1ccc(Cl)cc1)C(=O)NCc1ccc2c(c1)OCO2. The van der Waals surface area contributed by atoms with Gasteiger partial charge < -0.3 is 20.1 Å². The zero-order valence-corrected chi connectivity index (χ0v) is 16.2. The molecule has 6 nitrogen and oxygen atoms in total. The number of hydrogen-bond acceptors (Lipinski definition) is 5. The second kappa shape index (κ2) is 9.01. The third-order valence-corrected chi connectivity index (χ3v) is 5.19. The fourth-order valence-electron chi connectivity index (χ4n) is 2.50. The molecule has 0 fully saturated rings. The molecule has 0 saturated carbocycles. The number of nitrogens with one attached hydrogen (secondary N) is 2. The Morgan fingerprint density at radius 2 is 1.89 bits per heavy atom. The van der Waals surface area contributed by atoms with Crippen LogP contribution in [0.15, 0.2) is 47.4 Å². The molecule has 0 bridgehead atoms. The molecule has 0 radical (unpaired) electrons. The van der Waals surface area contributed by atoms with Crippen LogP contribution in [0.1, 0.15) is 12.5 Å². The highest BCUT2D eigenvalue weighted by atomic mass is 35.5. The average molecular weight is 407 g/mol. The van der Waals surface area contributed by atoms with E-state index >= 15 is 0 Å². The van der Waals surface area contributed by atoms with Crippen LogP contribution in [0.3, 0.4) is 0 Å². The molecule has 27 heavy (non-hydrogen) atoms. The van der Waals surface area contributed by atoms with E-state index in [1.165, 1.54) is 18.7 Å². The molecule has 0 aliphatic carbocycles. The zero-order valence-electron chi connectivity index (χ0n) is 14.7. The Morgan fingerprint density at radius 1 is 1.15 bits per heavy atom. The van der Waals surface area contributed by atoms with E-state index in [1.807, 2.05) is 30.3 Å². The standard InChI is InChI=1S/C19H19ClN2O4S/c1-12(23)22-16(10-27-15-5-3-14(20)4-6-15)19(24)21-9-13-2-7-17-18(8-13)26-11-25-17/h2-8,16H,9-11H2,1H3,(H,21,24)(H,22,23). The molecular weight excluding hydrogens is 388 g/mol. The molecule has 0 aromatic heterocycles. The number of fused-ring (bicyclic) bond motifs is 1. The van der Waals surface area contributed by atoms with Crippen molar-refractivity contribution in [3.8, 4) is 11.5 Å². The monoisotopic (exact) mass is 406 g/mol. The predicted octanol–water partition coefficient (Wildman–Crippen LogP) is 2.98. The van der Waals surface area contributed by atoms with Gasteiger partial charge in [-0.05, 0) is 42.0 Å². The Labute approximate surface area is 166 Å². The molecule has 1 aliphatic heterocycles. The third kappa shape index (κ3) is 5.55. The molecule has 0 saturated heterocycles. The quantitative estimate of drug-likeness (QED) is 0.691. The second-order valence-corrected chi connectivity index (χ2v) is 7.45. The molecule has 2 aromatic rings. The minimum absolute atomic E-state index is 0.206. The average Bonchev–Trinajstić information content (AvgIpc) is 3.12. The molecule has 1 atom stereocenters. The lowest BCUT2D eigenvalue weighted by Gasteiger charge is -2.17. The van der Waals surface area contributed by atoms with Crippen molar-refractivity contribution in [2.24, 2.45) is 0 Å². The van der Waals surface area contributed by atoms with Gasteiger partial charge >= 0.3 is 0 Å². The largest absolute Gasteiger partial charge is 0.454 e. The maximum Gasteiger partial charge on any atom is 0.243 e. The summed E-state index contributed by atoms with van der Waals surface area (Å²) in [6.07, 6.45) is 0. The van der Waals surface area contributed by atoms with Gasteiger partial charge in [-0.3, -0.25) is 9.59 Å². The molecule has 3 rings (SSSR count). The van der Waals surface area contributed by atoms with Crippen molar-refractivity contribution in [1.82, 2.24) is 10.6 Å². The van der Waals surface area contributed by atoms with Gasteiger partial charge in [0.15, 0.2) is 11.5 Å². The number of carbonyl (C=O) groups is 2. The summed E-state index contributed by atoms with van der Waals surface area (Å²) in [5.41, 5.74) is 0.888. The summed E-state index contributed by atoms with van der Waals surface area (Å²) in [7, 11) is 0. The normalized spacial score (nSPS) is 13.1. The summed E-state index contributed by atoms with van der Waals surface area (Å²) < 4.78 is 10.6. The highest BCUT2D eigenvalue weighted by molar-refractivity contribution is 7.99. The first kappa shape index (κ1) is 19.4. The van der Waals surface area contributed by atoms with E-state index in [0.29, 0.717) is 28.8 Å². The zero-order chi connectivity index (χ0) is 19.2. The summed E-state index contributed by atoms with van der Waals surface area (Å²) >= 11 is 7.36. The topological polar surface area (TPSA) is 76.7 Å². The van der Waals surface area contributed by atoms with Gasteiger partial charge in [-0.25, -0.2) is 0 Å². The molecule has 8 heteroatoms. The van der Waals surface area contributed by atoms with Crippen LogP contribution >= 0.6 is 23.4 Å². The Morgan fingerprint density at radius 3 is 2.63 bits per heavy atom. The van der Waals surface area contributed by atoms with Crippen LogP contribution in [0.5, 0.6) is 11.5 Å². The molecule has 2 amide bonds. The third-order valence-electron chi connectivity index (χ3n) is 3.83. The number of hydrogen-bond donors (Lipinski definition) is 2. The second-order valence-electron chi connectivity index (χ2n) is 5.92. The smallest absolute Gasteiger partial charge is 0.243 e. The van der Waals surface area contributed by atoms with Crippen molar-refractivity contribution >= 4 is 35.2 Å². The molecule has 2 aromatic carbocycles. The molecule has 2 N–H and O–H groups in total. The lowest BCUT2D eigenvalue weighted by atomic mass is 10.2. The number of amides is 2. The van der Waals surface area contributed by atoms with Crippen molar-refractivity contribution in [2.45, 2.75) is 24.4 Å². The predicted molar refractivity (Wildman–Crippen MR) is 104 cm³/mol. The lowest BCUT2D eigenvalue weighted by molar-refractivity contribution is -0.127. The number of ether oxygens (including phenoxy) is 2. The number of thioether (sulfide) groups is 1. The summed E-state index contributed by atoms with van der Waals surface area (Å²) in [6, 6.07) is 12.2. The highest BCUT2D eigenvalue weighted by Gasteiger charge is 2.20. The van der Waals surface area contributed by atoms with Crippen molar-refractivity contribution in [3.05, 3.63) is 53.1 Å². The van der Waals surface area contributed by atoms with Gasteiger partial charge in [0, 0.05) is 29.1 Å². The van der Waals surface area contributed by atoms with Gasteiger partial charge in [0.25, 0.3) is 0 Å². The van der Waals surface area contributed by atoms with Crippen molar-refractivity contribution < 1.29 is 19.1 Å². The van der Waals surface area contributed by atoms with E-state index in [2.05, 4.69) is 10.6 Å². The van der Waals surface area contributed by atoms with E-state index in [1.54, 1.807) is 12.1 Å². The first-order chi connectivity index (χ1) is 13.0. The fraction of sp³-hybridized carbons (Fsp3) is 0.263. The van der Waals surface area contributed by atoms with Gasteiger partial charge in [0.1, 0.15) is 6.04 Å². The first-order valence-electron chi connectivity index (χ1n) is 8.33. The van der Waals surface area contributed by atoms with Crippen LogP contribution in [-0.2, 0) is 16.1 Å². The molecule has 1 unspecified atom stereocenters. The van der Waals surface area contributed by atoms with E-state index in [0.717, 1.165) is 10.5 Å². The van der Waals surface area contributed by atoms with Gasteiger partial charge in [-0.1, -0.05) is 17.7 Å². The Hall–Kier alpha value is -2.38. The van der Waals surface area contributed by atoms with E-state index in [9.17, 15) is 9.59 Å². The maximum atomic E-state index is 12.5. The fourth-order valence-corrected chi connectivity index (χ4v) is 3.55. The summed E-state index contributed by atoms with van der Waals surface area (Å²) in [4.78, 5) is 25.0. The molecule has 1 heterocycles. The summed E-state index contributed by atoms with van der Waals surface area (Å²) in [5, 5.41) is 6.21. The van der Waals surface area contributed by atoms with Crippen molar-refractivity contribution in [2.75, 3.05) is 12.5 Å². The Bertz CT molecular complexity index is 829. The van der Waals surface area contributed by atoms with Crippen molar-refractivity contribution in [1.29, 1.82) is 0 Å². The van der Waals surface area contributed by atoms with Crippen LogP contribution in [0.4, 0.5) is 0 Å². The minimum atomic E-state index is -0.641. The molecule has 0 spiro atoms. The highest BCUT2D eigenvalue weighted by Crippen LogP contribution is 2.32. The van der Waals surface area contributed by atoms with E-state index in [4.69, 9.17) is 21.1 Å². The Balaban J connectivity index is 1.57. The van der Waals surface area contributed by atoms with Crippen LogP contribution in [0, 0.1) is 0 Å². The molecule has 142 valence electrons. The van der Waals surface area contributed by atoms with Crippen molar-refractivity contribution in [3.63, 3.8) is 0 Å². The number of rotatable bonds is 7. The van der Waals surface area contributed by atoms with E-state index in [-0.39, 0.29) is 18.6 Å². The van der Waals surface area contributed by atoms with Gasteiger partial charge in [0.05, 0.1) is 0 Å². The van der Waals surface area contributed by atoms with E-state index < -0.39 is 6.04 Å². The number of benzene rings is 2. The van der Waals surface area contributed by atoms with Crippen LogP contribution in [-0.4, -0.2) is 30.4 Å². The number of carbonyl (C=O) groups excluding carboxylic acids is 2. The van der Waals surface area contributed by atoms with Crippen LogP contribution in [0.2, 0.25) is 5.02 Å². The summed E-state index contributed by atoms with van der Waals surface area (Å²) in [6.45, 7) is 1.93. The first-order valence-corrected chi connectivity index (χ1v) is 9.69. The Kier molecular flexibility index (Phi) is 6.47. The molecule has 1 aliphatic rings. The lowest BCUT2D eigenvalue weighted by Crippen LogP contribution is -2.47.